The van der Waals surface area contributed by atoms with Gasteiger partial charge in [0.1, 0.15) is 5.82 Å². The summed E-state index contributed by atoms with van der Waals surface area (Å²) in [6, 6.07) is 19.1. The van der Waals surface area contributed by atoms with E-state index >= 15 is 0 Å². The molecule has 8 nitrogen and oxygen atoms in total. The molecule has 3 amide bonds. The average Bonchev–Trinajstić information content (AvgIpc) is 3.37. The van der Waals surface area contributed by atoms with E-state index in [4.69, 9.17) is 11.6 Å². The number of hydrogen-bond donors (Lipinski definition) is 3. The highest BCUT2D eigenvalue weighted by atomic mass is 35.5. The van der Waals surface area contributed by atoms with E-state index in [0.29, 0.717) is 27.7 Å². The van der Waals surface area contributed by atoms with Crippen LogP contribution in [-0.4, -0.2) is 33.8 Å². The number of aromatic nitrogens is 2. The first-order chi connectivity index (χ1) is 17.5. The van der Waals surface area contributed by atoms with E-state index in [0.717, 1.165) is 0 Å². The Hall–Kier alpha value is -4.21. The Morgan fingerprint density at radius 3 is 2.43 bits per heavy atom. The van der Waals surface area contributed by atoms with Gasteiger partial charge in [0.25, 0.3) is 5.91 Å². The molecule has 11 heteroatoms. The first-order valence-corrected chi connectivity index (χ1v) is 11.4. The van der Waals surface area contributed by atoms with Crippen LogP contribution in [0, 0.1) is 5.82 Å². The van der Waals surface area contributed by atoms with Crippen molar-refractivity contribution in [2.24, 2.45) is 4.99 Å². The summed E-state index contributed by atoms with van der Waals surface area (Å²) in [6.45, 7) is 0.146. The molecular weight excluding hydrogens is 518 g/mol. The standard InChI is InChI=1S/C26H20ClFN6O2.ClH/c27-16-9-11-17(12-10-16)31-26(36)33-24-25(35)34(14-18-13-29-15-30-18)22-8-4-2-6-20(22)23(32-24)19-5-1-3-7-21(19)28;/h1-13,15,24H,14H2,(H,29,30)(H2,31,33,36);1H/t24-;/m0./s1. The number of benzodiazepines with no additional fused rings is 1. The molecule has 2 heterocycles. The summed E-state index contributed by atoms with van der Waals surface area (Å²) in [6.07, 6.45) is 1.79. The van der Waals surface area contributed by atoms with Gasteiger partial charge in [-0.25, -0.2) is 19.2 Å². The second-order valence-electron chi connectivity index (χ2n) is 7.98. The number of nitrogens with one attached hydrogen (secondary N) is 3. The summed E-state index contributed by atoms with van der Waals surface area (Å²) in [5, 5.41) is 5.81. The van der Waals surface area contributed by atoms with Crippen LogP contribution in [0.5, 0.6) is 0 Å². The Morgan fingerprint density at radius 1 is 1.03 bits per heavy atom. The highest BCUT2D eigenvalue weighted by molar-refractivity contribution is 6.30. The van der Waals surface area contributed by atoms with Crippen LogP contribution in [0.3, 0.4) is 0 Å². The second-order valence-corrected chi connectivity index (χ2v) is 8.42. The quantitative estimate of drug-likeness (QED) is 0.327. The minimum atomic E-state index is -1.33. The number of nitrogens with zero attached hydrogens (tertiary/aromatic N) is 3. The van der Waals surface area contributed by atoms with Gasteiger partial charge in [-0.2, -0.15) is 0 Å². The summed E-state index contributed by atoms with van der Waals surface area (Å²) in [7, 11) is 0. The molecule has 5 rings (SSSR count). The lowest BCUT2D eigenvalue weighted by atomic mass is 9.99. The number of H-pyrrole nitrogens is 1. The summed E-state index contributed by atoms with van der Waals surface area (Å²) >= 11 is 5.91. The van der Waals surface area contributed by atoms with E-state index in [1.165, 1.54) is 17.3 Å². The molecule has 0 bridgehead atoms. The minimum absolute atomic E-state index is 0. The molecule has 1 atom stereocenters. The largest absolute Gasteiger partial charge is 0.347 e. The molecule has 3 aromatic carbocycles. The fourth-order valence-corrected chi connectivity index (χ4v) is 4.05. The van der Waals surface area contributed by atoms with Crippen molar-refractivity contribution in [2.75, 3.05) is 10.2 Å². The smallest absolute Gasteiger partial charge is 0.321 e. The van der Waals surface area contributed by atoms with Gasteiger partial charge in [-0.1, -0.05) is 41.9 Å². The number of aromatic amines is 1. The van der Waals surface area contributed by atoms with Crippen molar-refractivity contribution in [2.45, 2.75) is 12.7 Å². The maximum absolute atomic E-state index is 14.9. The van der Waals surface area contributed by atoms with Gasteiger partial charge in [0.05, 0.1) is 30.0 Å². The van der Waals surface area contributed by atoms with Crippen LogP contribution in [0.4, 0.5) is 20.6 Å². The number of halogens is 3. The summed E-state index contributed by atoms with van der Waals surface area (Å²) < 4.78 is 14.9. The van der Waals surface area contributed by atoms with Crippen LogP contribution in [0.15, 0.2) is 90.3 Å². The Kier molecular flexibility index (Phi) is 7.86. The van der Waals surface area contributed by atoms with Crippen molar-refractivity contribution in [3.05, 3.63) is 113 Å². The number of fused-ring (bicyclic) bond motifs is 1. The van der Waals surface area contributed by atoms with Gasteiger partial charge in [0, 0.05) is 28.0 Å². The fourth-order valence-electron chi connectivity index (χ4n) is 3.92. The van der Waals surface area contributed by atoms with Gasteiger partial charge < -0.3 is 20.5 Å². The van der Waals surface area contributed by atoms with Crippen LogP contribution < -0.4 is 15.5 Å². The van der Waals surface area contributed by atoms with Gasteiger partial charge in [-0.05, 0) is 42.5 Å². The number of carbonyl (C=O) groups is 2. The number of rotatable bonds is 5. The maximum Gasteiger partial charge on any atom is 0.321 e. The summed E-state index contributed by atoms with van der Waals surface area (Å²) in [5.41, 5.74) is 2.71. The number of amides is 3. The van der Waals surface area contributed by atoms with Crippen LogP contribution in [0.25, 0.3) is 0 Å². The number of aliphatic imine (C=N–C) groups is 1. The monoisotopic (exact) mass is 538 g/mol. The molecule has 0 saturated carbocycles. The Morgan fingerprint density at radius 2 is 1.73 bits per heavy atom. The van der Waals surface area contributed by atoms with Gasteiger partial charge in [-0.15, -0.1) is 12.4 Å². The fraction of sp³-hybridized carbons (Fsp3) is 0.0769. The predicted molar refractivity (Wildman–Crippen MR) is 143 cm³/mol. The van der Waals surface area contributed by atoms with Gasteiger partial charge in [-0.3, -0.25) is 4.79 Å². The van der Waals surface area contributed by atoms with E-state index in [9.17, 15) is 14.0 Å². The molecule has 37 heavy (non-hydrogen) atoms. The zero-order chi connectivity index (χ0) is 25.1. The molecule has 0 radical (unpaired) electrons. The number of benzene rings is 3. The molecule has 0 fully saturated rings. The van der Waals surface area contributed by atoms with E-state index in [-0.39, 0.29) is 30.2 Å². The lowest BCUT2D eigenvalue weighted by Crippen LogP contribution is -2.48. The average molecular weight is 539 g/mol. The number of hydrogen-bond acceptors (Lipinski definition) is 4. The van der Waals surface area contributed by atoms with E-state index in [1.54, 1.807) is 72.9 Å². The molecule has 188 valence electrons. The van der Waals surface area contributed by atoms with Gasteiger partial charge >= 0.3 is 6.03 Å². The third-order valence-electron chi connectivity index (χ3n) is 5.59. The molecular formula is C26H21Cl2FN6O2. The maximum atomic E-state index is 14.9. The third kappa shape index (κ3) is 5.63. The van der Waals surface area contributed by atoms with Crippen LogP contribution in [-0.2, 0) is 11.3 Å². The third-order valence-corrected chi connectivity index (χ3v) is 5.84. The molecule has 0 unspecified atom stereocenters. The summed E-state index contributed by atoms with van der Waals surface area (Å²) in [5.74, 6) is -0.987. The van der Waals surface area contributed by atoms with Crippen molar-refractivity contribution in [3.8, 4) is 0 Å². The van der Waals surface area contributed by atoms with E-state index in [1.807, 2.05) is 0 Å². The highest BCUT2D eigenvalue weighted by Gasteiger charge is 2.34. The molecule has 1 aromatic heterocycles. The molecule has 4 aromatic rings. The van der Waals surface area contributed by atoms with Crippen molar-refractivity contribution < 1.29 is 14.0 Å². The predicted octanol–water partition coefficient (Wildman–Crippen LogP) is 5.16. The van der Waals surface area contributed by atoms with Crippen molar-refractivity contribution >= 4 is 53.0 Å². The van der Waals surface area contributed by atoms with Crippen LogP contribution >= 0.6 is 24.0 Å². The number of carbonyl (C=O) groups excluding carboxylic acids is 2. The molecule has 0 saturated heterocycles. The van der Waals surface area contributed by atoms with Crippen molar-refractivity contribution in [3.63, 3.8) is 0 Å². The molecule has 3 N–H and O–H groups in total. The first-order valence-electron chi connectivity index (χ1n) is 11.0. The number of imidazole rings is 1. The number of para-hydroxylation sites is 1. The van der Waals surface area contributed by atoms with E-state index < -0.39 is 23.9 Å². The lowest BCUT2D eigenvalue weighted by molar-refractivity contribution is -0.120. The number of anilines is 2. The Balaban J connectivity index is 0.00000320. The molecule has 0 aliphatic carbocycles. The van der Waals surface area contributed by atoms with Crippen molar-refractivity contribution in [1.82, 2.24) is 15.3 Å². The minimum Gasteiger partial charge on any atom is -0.347 e. The topological polar surface area (TPSA) is 102 Å². The van der Waals surface area contributed by atoms with Gasteiger partial charge in [0.2, 0.25) is 6.17 Å². The zero-order valence-electron chi connectivity index (χ0n) is 19.2. The summed E-state index contributed by atoms with van der Waals surface area (Å²) in [4.78, 5) is 39.7. The molecule has 0 spiro atoms. The molecule has 1 aliphatic rings. The Labute approximate surface area is 223 Å². The number of urea groups is 1. The van der Waals surface area contributed by atoms with Gasteiger partial charge in [0.15, 0.2) is 0 Å². The first kappa shape index (κ1) is 25.9. The normalized spacial score (nSPS) is 14.6. The Bertz CT molecular complexity index is 1440. The SMILES string of the molecule is Cl.O=C(Nc1ccc(Cl)cc1)N[C@@H]1N=C(c2ccccc2F)c2ccccc2N(Cc2cnc[nH]2)C1=O. The van der Waals surface area contributed by atoms with Crippen LogP contribution in [0.1, 0.15) is 16.8 Å². The molecule has 1 aliphatic heterocycles. The second kappa shape index (κ2) is 11.2. The van der Waals surface area contributed by atoms with Crippen molar-refractivity contribution in [1.29, 1.82) is 0 Å². The van der Waals surface area contributed by atoms with Crippen LogP contribution in [0.2, 0.25) is 5.02 Å². The highest BCUT2D eigenvalue weighted by Crippen LogP contribution is 2.30. The van der Waals surface area contributed by atoms with E-state index in [2.05, 4.69) is 25.6 Å². The zero-order valence-corrected chi connectivity index (χ0v) is 20.8. The lowest BCUT2D eigenvalue weighted by Gasteiger charge is -2.25.